The van der Waals surface area contributed by atoms with Gasteiger partial charge in [-0.05, 0) is 6.07 Å². The SMILES string of the molecule is C#N.COc1cccc([N+](=O)[O-])c1. The minimum Gasteiger partial charge on any atom is -0.497 e. The average molecular weight is 180 g/mol. The minimum atomic E-state index is -0.456. The summed E-state index contributed by atoms with van der Waals surface area (Å²) >= 11 is 0. The second kappa shape index (κ2) is 5.55. The Kier molecular flexibility index (Phi) is 4.65. The van der Waals surface area contributed by atoms with Gasteiger partial charge in [0.25, 0.3) is 5.69 Å². The smallest absolute Gasteiger partial charge is 0.273 e. The van der Waals surface area contributed by atoms with Gasteiger partial charge in [-0.1, -0.05) is 6.07 Å². The third-order valence-electron chi connectivity index (χ3n) is 1.26. The predicted molar refractivity (Wildman–Crippen MR) is 46.3 cm³/mol. The van der Waals surface area contributed by atoms with E-state index in [2.05, 4.69) is 6.57 Å². The Hall–Kier alpha value is -2.09. The van der Waals surface area contributed by atoms with Crippen molar-refractivity contribution in [2.24, 2.45) is 0 Å². The van der Waals surface area contributed by atoms with E-state index in [9.17, 15) is 10.1 Å². The van der Waals surface area contributed by atoms with Gasteiger partial charge in [-0.15, -0.1) is 0 Å². The molecule has 0 spiro atoms. The maximum atomic E-state index is 10.2. The molecule has 0 saturated carbocycles. The molecule has 5 nitrogen and oxygen atoms in total. The fourth-order valence-corrected chi connectivity index (χ4v) is 0.724. The summed E-state index contributed by atoms with van der Waals surface area (Å²) in [5.41, 5.74) is 0.0457. The monoisotopic (exact) mass is 180 g/mol. The molecule has 1 aromatic rings. The van der Waals surface area contributed by atoms with E-state index in [-0.39, 0.29) is 5.69 Å². The summed E-state index contributed by atoms with van der Waals surface area (Å²) < 4.78 is 4.80. The van der Waals surface area contributed by atoms with Crippen molar-refractivity contribution in [3.63, 3.8) is 0 Å². The van der Waals surface area contributed by atoms with Gasteiger partial charge in [0.1, 0.15) is 5.75 Å². The predicted octanol–water partition coefficient (Wildman–Crippen LogP) is 1.74. The van der Waals surface area contributed by atoms with Crippen molar-refractivity contribution in [3.8, 4) is 12.3 Å². The summed E-state index contributed by atoms with van der Waals surface area (Å²) in [5.74, 6) is 0.499. The number of hydrogen-bond acceptors (Lipinski definition) is 4. The molecule has 0 saturated heterocycles. The lowest BCUT2D eigenvalue weighted by Crippen LogP contribution is -1.88. The van der Waals surface area contributed by atoms with E-state index in [0.717, 1.165) is 0 Å². The van der Waals surface area contributed by atoms with E-state index < -0.39 is 4.92 Å². The van der Waals surface area contributed by atoms with E-state index >= 15 is 0 Å². The molecule has 5 heteroatoms. The van der Waals surface area contributed by atoms with Crippen LogP contribution in [0, 0.1) is 21.9 Å². The molecule has 13 heavy (non-hydrogen) atoms. The van der Waals surface area contributed by atoms with E-state index in [1.165, 1.54) is 19.2 Å². The Labute approximate surface area is 75.3 Å². The molecule has 0 aromatic heterocycles. The van der Waals surface area contributed by atoms with Gasteiger partial charge in [-0.2, -0.15) is 0 Å². The molecule has 0 bridgehead atoms. The van der Waals surface area contributed by atoms with Crippen LogP contribution in [0.4, 0.5) is 5.69 Å². The van der Waals surface area contributed by atoms with Crippen LogP contribution in [0.1, 0.15) is 0 Å². The molecule has 1 aromatic carbocycles. The Balaban J connectivity index is 0.000000671. The standard InChI is InChI=1S/C7H7NO3.CHN/c1-11-7-4-2-3-6(5-7)8(9)10;1-2/h2-5H,1H3;1H. The molecule has 0 aliphatic heterocycles. The van der Waals surface area contributed by atoms with Crippen LogP contribution in [0.25, 0.3) is 0 Å². The van der Waals surface area contributed by atoms with Gasteiger partial charge < -0.3 is 4.74 Å². The highest BCUT2D eigenvalue weighted by molar-refractivity contribution is 5.37. The van der Waals surface area contributed by atoms with Gasteiger partial charge in [0.05, 0.1) is 18.1 Å². The van der Waals surface area contributed by atoms with Crippen LogP contribution in [-0.4, -0.2) is 12.0 Å². The molecule has 0 unspecified atom stereocenters. The van der Waals surface area contributed by atoms with Crippen molar-refractivity contribution >= 4 is 5.69 Å². The van der Waals surface area contributed by atoms with Crippen molar-refractivity contribution in [2.75, 3.05) is 7.11 Å². The number of ether oxygens (including phenoxy) is 1. The molecule has 0 atom stereocenters. The largest absolute Gasteiger partial charge is 0.497 e. The maximum absolute atomic E-state index is 10.2. The van der Waals surface area contributed by atoms with Gasteiger partial charge in [0.2, 0.25) is 0 Å². The van der Waals surface area contributed by atoms with Crippen molar-refractivity contribution in [1.29, 1.82) is 5.26 Å². The number of hydrogen-bond donors (Lipinski definition) is 0. The summed E-state index contributed by atoms with van der Waals surface area (Å²) in [7, 11) is 1.47. The maximum Gasteiger partial charge on any atom is 0.273 e. The van der Waals surface area contributed by atoms with Gasteiger partial charge in [-0.25, -0.2) is 5.26 Å². The molecule has 0 fully saturated rings. The minimum absolute atomic E-state index is 0.0457. The first kappa shape index (κ1) is 10.9. The second-order valence-electron chi connectivity index (χ2n) is 1.96. The molecule has 0 aliphatic carbocycles. The number of methoxy groups -OCH3 is 1. The van der Waals surface area contributed by atoms with Crippen molar-refractivity contribution < 1.29 is 9.66 Å². The van der Waals surface area contributed by atoms with Crippen LogP contribution in [0.2, 0.25) is 0 Å². The van der Waals surface area contributed by atoms with E-state index in [1.807, 2.05) is 0 Å². The fourth-order valence-electron chi connectivity index (χ4n) is 0.724. The zero-order valence-corrected chi connectivity index (χ0v) is 7.01. The molecule has 0 amide bonds. The van der Waals surface area contributed by atoms with Crippen molar-refractivity contribution in [2.45, 2.75) is 0 Å². The van der Waals surface area contributed by atoms with Crippen LogP contribution in [0.3, 0.4) is 0 Å². The zero-order chi connectivity index (χ0) is 10.3. The molecular formula is C8H8N2O3. The second-order valence-corrected chi connectivity index (χ2v) is 1.96. The first-order chi connectivity index (χ1) is 6.24. The molecule has 0 radical (unpaired) electrons. The number of non-ortho nitro benzene ring substituents is 1. The van der Waals surface area contributed by atoms with Crippen LogP contribution >= 0.6 is 0 Å². The number of nitriles is 1. The Morgan fingerprint density at radius 2 is 2.15 bits per heavy atom. The van der Waals surface area contributed by atoms with Gasteiger partial charge in [-0.3, -0.25) is 10.1 Å². The number of rotatable bonds is 2. The fraction of sp³-hybridized carbons (Fsp3) is 0.125. The Morgan fingerprint density at radius 3 is 2.62 bits per heavy atom. The van der Waals surface area contributed by atoms with Crippen LogP contribution in [0.15, 0.2) is 24.3 Å². The lowest BCUT2D eigenvalue weighted by Gasteiger charge is -1.96. The van der Waals surface area contributed by atoms with Gasteiger partial charge >= 0.3 is 0 Å². The highest BCUT2D eigenvalue weighted by Gasteiger charge is 2.04. The third kappa shape index (κ3) is 3.20. The summed E-state index contributed by atoms with van der Waals surface area (Å²) in [5, 5.41) is 16.7. The quantitative estimate of drug-likeness (QED) is 0.513. The van der Waals surface area contributed by atoms with Gasteiger partial charge in [0.15, 0.2) is 0 Å². The number of nitrogens with zero attached hydrogens (tertiary/aromatic N) is 2. The van der Waals surface area contributed by atoms with E-state index in [0.29, 0.717) is 5.75 Å². The Morgan fingerprint density at radius 1 is 1.54 bits per heavy atom. The Bertz CT molecular complexity index is 309. The summed E-state index contributed by atoms with van der Waals surface area (Å²) in [6.45, 7) is 3.50. The number of nitro benzene ring substituents is 1. The van der Waals surface area contributed by atoms with E-state index in [1.54, 1.807) is 12.1 Å². The summed E-state index contributed by atoms with van der Waals surface area (Å²) in [6.07, 6.45) is 0. The normalized spacial score (nSPS) is 7.92. The first-order valence-electron chi connectivity index (χ1n) is 3.28. The number of nitro groups is 1. The number of benzene rings is 1. The lowest BCUT2D eigenvalue weighted by molar-refractivity contribution is -0.384. The highest BCUT2D eigenvalue weighted by Crippen LogP contribution is 2.17. The van der Waals surface area contributed by atoms with Gasteiger partial charge in [0, 0.05) is 12.6 Å². The summed E-state index contributed by atoms with van der Waals surface area (Å²) in [4.78, 5) is 9.76. The van der Waals surface area contributed by atoms with Crippen LogP contribution < -0.4 is 4.74 Å². The molecule has 0 N–H and O–H groups in total. The first-order valence-corrected chi connectivity index (χ1v) is 3.28. The molecular weight excluding hydrogens is 172 g/mol. The molecule has 0 heterocycles. The van der Waals surface area contributed by atoms with Crippen molar-refractivity contribution in [1.82, 2.24) is 0 Å². The lowest BCUT2D eigenvalue weighted by atomic mass is 10.3. The zero-order valence-electron chi connectivity index (χ0n) is 7.01. The third-order valence-corrected chi connectivity index (χ3v) is 1.26. The molecule has 1 rings (SSSR count). The van der Waals surface area contributed by atoms with Crippen LogP contribution in [0.5, 0.6) is 5.75 Å². The molecule has 0 aliphatic rings. The molecule has 68 valence electrons. The summed E-state index contributed by atoms with van der Waals surface area (Å²) in [6, 6.07) is 6.03. The van der Waals surface area contributed by atoms with E-state index in [4.69, 9.17) is 10.00 Å². The highest BCUT2D eigenvalue weighted by atomic mass is 16.6. The van der Waals surface area contributed by atoms with Crippen molar-refractivity contribution in [3.05, 3.63) is 34.4 Å². The average Bonchev–Trinajstić information content (AvgIpc) is 2.21. The topological polar surface area (TPSA) is 76.2 Å². The van der Waals surface area contributed by atoms with Crippen LogP contribution in [-0.2, 0) is 0 Å².